The van der Waals surface area contributed by atoms with E-state index in [1.807, 2.05) is 14.0 Å². The van der Waals surface area contributed by atoms with Gasteiger partial charge in [0, 0.05) is 25.1 Å². The molecule has 0 radical (unpaired) electrons. The fourth-order valence-corrected chi connectivity index (χ4v) is 3.99. The summed E-state index contributed by atoms with van der Waals surface area (Å²) in [5, 5.41) is 7.17. The first kappa shape index (κ1) is 17.5. The van der Waals surface area contributed by atoms with Gasteiger partial charge in [-0.1, -0.05) is 27.7 Å². The lowest BCUT2D eigenvalue weighted by molar-refractivity contribution is -0.136. The molecule has 1 N–H and O–H groups in total. The van der Waals surface area contributed by atoms with Gasteiger partial charge in [0.15, 0.2) is 5.69 Å². The monoisotopic (exact) mass is 371 g/mol. The van der Waals surface area contributed by atoms with Crippen molar-refractivity contribution in [2.45, 2.75) is 59.1 Å². The third-order valence-corrected chi connectivity index (χ3v) is 5.60. The lowest BCUT2D eigenvalue weighted by Gasteiger charge is -2.54. The number of hydrogen-bond donors (Lipinski definition) is 1. The van der Waals surface area contributed by atoms with E-state index in [0.717, 1.165) is 16.6 Å². The van der Waals surface area contributed by atoms with E-state index in [-0.39, 0.29) is 29.4 Å². The molecule has 1 aliphatic rings. The summed E-state index contributed by atoms with van der Waals surface area (Å²) in [6.45, 7) is 11.2. The largest absolute Gasteiger partial charge is 0.378 e. The molecule has 0 bridgehead atoms. The van der Waals surface area contributed by atoms with Crippen LogP contribution in [0.3, 0.4) is 0 Å². The molecule has 0 saturated heterocycles. The number of ether oxygens (including phenoxy) is 1. The molecule has 1 aromatic rings. The molecule has 2 atom stereocenters. The Morgan fingerprint density at radius 1 is 1.55 bits per heavy atom. The van der Waals surface area contributed by atoms with Crippen molar-refractivity contribution >= 4 is 21.8 Å². The number of H-pyrrole nitrogens is 1. The van der Waals surface area contributed by atoms with E-state index in [4.69, 9.17) is 4.74 Å². The number of aromatic nitrogens is 2. The molecule has 5 nitrogen and oxygen atoms in total. The first-order valence-electron chi connectivity index (χ1n) is 7.84. The molecular weight excluding hydrogens is 346 g/mol. The average Bonchev–Trinajstić information content (AvgIpc) is 2.83. The summed E-state index contributed by atoms with van der Waals surface area (Å²) in [5.41, 5.74) is 1.38. The van der Waals surface area contributed by atoms with Gasteiger partial charge in [0.05, 0.1) is 16.3 Å². The van der Waals surface area contributed by atoms with E-state index in [9.17, 15) is 4.79 Å². The van der Waals surface area contributed by atoms with Crippen LogP contribution in [0.4, 0.5) is 0 Å². The highest BCUT2D eigenvalue weighted by atomic mass is 79.9. The summed E-state index contributed by atoms with van der Waals surface area (Å²) < 4.78 is 6.52. The second-order valence-electron chi connectivity index (χ2n) is 6.89. The molecule has 1 aromatic heterocycles. The second kappa shape index (κ2) is 6.32. The van der Waals surface area contributed by atoms with Crippen LogP contribution in [0, 0.1) is 5.41 Å². The van der Waals surface area contributed by atoms with Gasteiger partial charge in [-0.15, -0.1) is 0 Å². The molecule has 6 heteroatoms. The molecule has 2 rings (SSSR count). The maximum absolute atomic E-state index is 12.8. The smallest absolute Gasteiger partial charge is 0.275 e. The van der Waals surface area contributed by atoms with Gasteiger partial charge in [0.2, 0.25) is 0 Å². The molecule has 0 spiro atoms. The Morgan fingerprint density at radius 2 is 2.18 bits per heavy atom. The predicted molar refractivity (Wildman–Crippen MR) is 90.1 cm³/mol. The molecule has 0 aliphatic heterocycles. The molecule has 1 heterocycles. The van der Waals surface area contributed by atoms with Gasteiger partial charge in [-0.05, 0) is 35.2 Å². The Hall–Kier alpha value is -0.880. The molecule has 1 fully saturated rings. The van der Waals surface area contributed by atoms with Gasteiger partial charge in [0.1, 0.15) is 0 Å². The molecule has 1 aliphatic carbocycles. The Bertz CT molecular complexity index is 554. The lowest BCUT2D eigenvalue weighted by atomic mass is 9.63. The van der Waals surface area contributed by atoms with E-state index in [2.05, 4.69) is 53.8 Å². The summed E-state index contributed by atoms with van der Waals surface area (Å²) in [5.74, 6) is 0.235. The molecule has 1 amide bonds. The van der Waals surface area contributed by atoms with Crippen molar-refractivity contribution in [2.75, 3.05) is 13.7 Å². The normalized spacial score (nSPS) is 23.5. The van der Waals surface area contributed by atoms with Crippen molar-refractivity contribution in [3.63, 3.8) is 0 Å². The maximum Gasteiger partial charge on any atom is 0.275 e. The van der Waals surface area contributed by atoms with E-state index < -0.39 is 0 Å². The number of halogens is 1. The summed E-state index contributed by atoms with van der Waals surface area (Å²) in [6, 6.07) is 0.169. The number of carbonyl (C=O) groups excluding carboxylic acids is 1. The van der Waals surface area contributed by atoms with Gasteiger partial charge in [0.25, 0.3) is 5.91 Å². The van der Waals surface area contributed by atoms with Gasteiger partial charge in [-0.25, -0.2) is 0 Å². The first-order chi connectivity index (χ1) is 10.2. The quantitative estimate of drug-likeness (QED) is 0.860. The standard InChI is InChI=1S/C16H26BrN3O2/c1-7-22-11-8-10(16(11,4)5)20(6)15(21)14-12(17)13(9(2)3)18-19-14/h9-11H,7-8H2,1-6H3,(H,18,19)/t10-,11+/m0/s1. The van der Waals surface area contributed by atoms with Crippen LogP contribution < -0.4 is 0 Å². The summed E-state index contributed by atoms with van der Waals surface area (Å²) in [7, 11) is 1.85. The minimum Gasteiger partial charge on any atom is -0.378 e. The van der Waals surface area contributed by atoms with Gasteiger partial charge in [-0.3, -0.25) is 9.89 Å². The van der Waals surface area contributed by atoms with Crippen molar-refractivity contribution in [3.05, 3.63) is 15.9 Å². The molecule has 1 saturated carbocycles. The van der Waals surface area contributed by atoms with Crippen molar-refractivity contribution in [1.82, 2.24) is 15.1 Å². The first-order valence-corrected chi connectivity index (χ1v) is 8.63. The van der Waals surface area contributed by atoms with E-state index in [1.54, 1.807) is 4.90 Å². The Balaban J connectivity index is 2.14. The second-order valence-corrected chi connectivity index (χ2v) is 7.68. The zero-order valence-electron chi connectivity index (χ0n) is 14.2. The van der Waals surface area contributed by atoms with Gasteiger partial charge < -0.3 is 9.64 Å². The predicted octanol–water partition coefficient (Wildman–Crippen LogP) is 3.57. The van der Waals surface area contributed by atoms with Crippen LogP contribution in [-0.4, -0.2) is 46.8 Å². The van der Waals surface area contributed by atoms with Crippen LogP contribution in [0.1, 0.15) is 63.1 Å². The number of rotatable bonds is 5. The Kier molecular flexibility index (Phi) is 5.02. The van der Waals surface area contributed by atoms with Gasteiger partial charge in [-0.2, -0.15) is 5.10 Å². The average molecular weight is 372 g/mol. The van der Waals surface area contributed by atoms with E-state index >= 15 is 0 Å². The van der Waals surface area contributed by atoms with Crippen LogP contribution in [0.15, 0.2) is 4.47 Å². The highest BCUT2D eigenvalue weighted by molar-refractivity contribution is 9.10. The Morgan fingerprint density at radius 3 is 2.64 bits per heavy atom. The van der Waals surface area contributed by atoms with Crippen LogP contribution in [0.2, 0.25) is 0 Å². The van der Waals surface area contributed by atoms with E-state index in [1.165, 1.54) is 0 Å². The van der Waals surface area contributed by atoms with Crippen LogP contribution >= 0.6 is 15.9 Å². The molecule has 0 unspecified atom stereocenters. The fourth-order valence-electron chi connectivity index (χ4n) is 3.18. The molecule has 124 valence electrons. The number of amides is 1. The zero-order chi connectivity index (χ0) is 16.7. The SMILES string of the molecule is CCO[C@@H]1C[C@H](N(C)C(=O)c2n[nH]c(C(C)C)c2Br)C1(C)C. The maximum atomic E-state index is 12.8. The highest BCUT2D eigenvalue weighted by Crippen LogP contribution is 2.45. The van der Waals surface area contributed by atoms with Crippen LogP contribution in [-0.2, 0) is 4.74 Å². The third-order valence-electron chi connectivity index (χ3n) is 4.79. The molecule has 22 heavy (non-hydrogen) atoms. The third kappa shape index (κ3) is 2.83. The van der Waals surface area contributed by atoms with Crippen molar-refractivity contribution in [2.24, 2.45) is 5.41 Å². The van der Waals surface area contributed by atoms with E-state index in [0.29, 0.717) is 12.3 Å². The number of aromatic amines is 1. The minimum absolute atomic E-state index is 0.0376. The van der Waals surface area contributed by atoms with Crippen LogP contribution in [0.25, 0.3) is 0 Å². The number of hydrogen-bond acceptors (Lipinski definition) is 3. The topological polar surface area (TPSA) is 58.2 Å². The number of carbonyl (C=O) groups is 1. The van der Waals surface area contributed by atoms with Gasteiger partial charge >= 0.3 is 0 Å². The van der Waals surface area contributed by atoms with Crippen molar-refractivity contribution < 1.29 is 9.53 Å². The van der Waals surface area contributed by atoms with Crippen molar-refractivity contribution in [3.8, 4) is 0 Å². The highest BCUT2D eigenvalue weighted by Gasteiger charge is 2.52. The number of nitrogens with zero attached hydrogens (tertiary/aromatic N) is 2. The zero-order valence-corrected chi connectivity index (χ0v) is 15.8. The Labute approximate surface area is 140 Å². The summed E-state index contributed by atoms with van der Waals surface area (Å²) in [6.07, 6.45) is 1.09. The summed E-state index contributed by atoms with van der Waals surface area (Å²) >= 11 is 3.51. The summed E-state index contributed by atoms with van der Waals surface area (Å²) in [4.78, 5) is 14.6. The number of nitrogens with one attached hydrogen (secondary N) is 1. The van der Waals surface area contributed by atoms with Crippen LogP contribution in [0.5, 0.6) is 0 Å². The molecule has 0 aromatic carbocycles. The minimum atomic E-state index is -0.0527. The molecular formula is C16H26BrN3O2. The lowest BCUT2D eigenvalue weighted by Crippen LogP contribution is -2.62. The fraction of sp³-hybridized carbons (Fsp3) is 0.750. The van der Waals surface area contributed by atoms with Crippen molar-refractivity contribution in [1.29, 1.82) is 0 Å².